The summed E-state index contributed by atoms with van der Waals surface area (Å²) in [6.07, 6.45) is 0. The van der Waals surface area contributed by atoms with E-state index in [1.165, 1.54) is 30.3 Å². The third-order valence-electron chi connectivity index (χ3n) is 2.36. The lowest BCUT2D eigenvalue weighted by Gasteiger charge is -2.08. The summed E-state index contributed by atoms with van der Waals surface area (Å²) in [6.45, 7) is 0. The fourth-order valence-electron chi connectivity index (χ4n) is 1.44. The maximum atomic E-state index is 12.1. The number of hydrogen-bond acceptors (Lipinski definition) is 5. The van der Waals surface area contributed by atoms with Crippen molar-refractivity contribution in [1.29, 1.82) is 0 Å². The average Bonchev–Trinajstić information content (AvgIpc) is 2.39. The second kappa shape index (κ2) is 5.75. The van der Waals surface area contributed by atoms with Crippen LogP contribution in [0.4, 0.5) is 5.69 Å². The molecule has 0 spiro atoms. The zero-order valence-corrected chi connectivity index (χ0v) is 12.9. The number of nitro benzene ring substituents is 1. The number of nitrogens with zero attached hydrogens (tertiary/aromatic N) is 1. The first-order valence-corrected chi connectivity index (χ1v) is 7.82. The Hall–Kier alpha value is -1.68. The summed E-state index contributed by atoms with van der Waals surface area (Å²) < 4.78 is 29.6. The fraction of sp³-hybridized carbons (Fsp3) is 0. The summed E-state index contributed by atoms with van der Waals surface area (Å²) in [6, 6.07) is 11.2. The lowest BCUT2D eigenvalue weighted by Crippen LogP contribution is -2.11. The molecule has 0 fully saturated rings. The molecule has 2 rings (SSSR count). The first-order valence-electron chi connectivity index (χ1n) is 5.33. The van der Waals surface area contributed by atoms with Gasteiger partial charge in [-0.05, 0) is 46.9 Å². The molecule has 20 heavy (non-hydrogen) atoms. The lowest BCUT2D eigenvalue weighted by molar-refractivity contribution is -0.384. The summed E-state index contributed by atoms with van der Waals surface area (Å²) in [5.74, 6) is 0.0234. The molecule has 0 bridgehead atoms. The van der Waals surface area contributed by atoms with Gasteiger partial charge in [0.25, 0.3) is 5.69 Å². The van der Waals surface area contributed by atoms with Crippen LogP contribution in [0.15, 0.2) is 53.4 Å². The summed E-state index contributed by atoms with van der Waals surface area (Å²) in [5.41, 5.74) is -0.135. The third-order valence-corrected chi connectivity index (χ3v) is 4.97. The molecule has 0 radical (unpaired) electrons. The molecule has 8 heteroatoms. The van der Waals surface area contributed by atoms with E-state index in [1.807, 2.05) is 22.6 Å². The zero-order valence-electron chi connectivity index (χ0n) is 9.89. The van der Waals surface area contributed by atoms with Gasteiger partial charge in [0.2, 0.25) is 0 Å². The molecule has 0 aliphatic carbocycles. The molecule has 0 saturated heterocycles. The molecule has 2 aromatic carbocycles. The van der Waals surface area contributed by atoms with Crippen molar-refractivity contribution in [3.05, 3.63) is 62.2 Å². The van der Waals surface area contributed by atoms with E-state index in [9.17, 15) is 18.5 Å². The number of rotatable bonds is 4. The van der Waals surface area contributed by atoms with Gasteiger partial charge in [0.15, 0.2) is 0 Å². The maximum absolute atomic E-state index is 12.1. The summed E-state index contributed by atoms with van der Waals surface area (Å²) in [5, 5.41) is 10.5. The van der Waals surface area contributed by atoms with Crippen molar-refractivity contribution in [2.75, 3.05) is 0 Å². The minimum atomic E-state index is -3.95. The van der Waals surface area contributed by atoms with Crippen LogP contribution in [0.25, 0.3) is 0 Å². The molecule has 0 aliphatic heterocycles. The van der Waals surface area contributed by atoms with Gasteiger partial charge < -0.3 is 4.18 Å². The molecule has 0 saturated carbocycles. The number of hydrogen-bond donors (Lipinski definition) is 0. The molecule has 0 atom stereocenters. The fourth-order valence-corrected chi connectivity index (χ4v) is 3.65. The van der Waals surface area contributed by atoms with Crippen molar-refractivity contribution >= 4 is 38.4 Å². The highest BCUT2D eigenvalue weighted by Gasteiger charge is 2.19. The average molecular weight is 405 g/mol. The molecule has 0 amide bonds. The topological polar surface area (TPSA) is 86.5 Å². The van der Waals surface area contributed by atoms with E-state index in [2.05, 4.69) is 0 Å². The van der Waals surface area contributed by atoms with Crippen molar-refractivity contribution in [2.45, 2.75) is 4.90 Å². The van der Waals surface area contributed by atoms with Gasteiger partial charge >= 0.3 is 10.1 Å². The molecule has 104 valence electrons. The van der Waals surface area contributed by atoms with Gasteiger partial charge in [-0.25, -0.2) is 0 Å². The Balaban J connectivity index is 2.29. The van der Waals surface area contributed by atoms with Gasteiger partial charge in [0, 0.05) is 15.7 Å². The standard InChI is InChI=1S/C12H8INO5S/c13-11-3-1-2-4-12(11)20(17,18)19-10-7-5-9(6-8-10)14(15)16/h1-8H. The second-order valence-corrected chi connectivity index (χ2v) is 6.40. The van der Waals surface area contributed by atoms with E-state index in [0.29, 0.717) is 3.57 Å². The van der Waals surface area contributed by atoms with Gasteiger partial charge in [-0.3, -0.25) is 10.1 Å². The molecule has 0 aliphatic rings. The Bertz CT molecular complexity index is 743. The van der Waals surface area contributed by atoms with E-state index in [4.69, 9.17) is 4.18 Å². The minimum Gasteiger partial charge on any atom is -0.379 e. The Labute approximate surface area is 128 Å². The van der Waals surface area contributed by atoms with Crippen molar-refractivity contribution in [1.82, 2.24) is 0 Å². The van der Waals surface area contributed by atoms with Crippen LogP contribution in [0.5, 0.6) is 5.75 Å². The highest BCUT2D eigenvalue weighted by atomic mass is 127. The smallest absolute Gasteiger partial charge is 0.340 e. The molecular weight excluding hydrogens is 397 g/mol. The summed E-state index contributed by atoms with van der Waals surface area (Å²) >= 11 is 1.89. The van der Waals surface area contributed by atoms with Gasteiger partial charge in [-0.1, -0.05) is 12.1 Å². The van der Waals surface area contributed by atoms with Crippen LogP contribution in [0.2, 0.25) is 0 Å². The van der Waals surface area contributed by atoms with E-state index >= 15 is 0 Å². The predicted octanol–water partition coefficient (Wildman–Crippen LogP) is 2.97. The summed E-state index contributed by atoms with van der Waals surface area (Å²) in [4.78, 5) is 9.99. The Morgan fingerprint density at radius 2 is 1.65 bits per heavy atom. The SMILES string of the molecule is O=[N+]([O-])c1ccc(OS(=O)(=O)c2ccccc2I)cc1. The van der Waals surface area contributed by atoms with E-state index in [0.717, 1.165) is 0 Å². The lowest BCUT2D eigenvalue weighted by atomic mass is 10.3. The van der Waals surface area contributed by atoms with Gasteiger partial charge in [0.05, 0.1) is 4.92 Å². The van der Waals surface area contributed by atoms with E-state index in [1.54, 1.807) is 18.2 Å². The second-order valence-electron chi connectivity index (χ2n) is 3.72. The first-order chi connectivity index (χ1) is 9.40. The normalized spacial score (nSPS) is 11.1. The monoisotopic (exact) mass is 405 g/mol. The largest absolute Gasteiger partial charge is 0.379 e. The molecular formula is C12H8INO5S. The molecule has 0 N–H and O–H groups in total. The van der Waals surface area contributed by atoms with Crippen LogP contribution < -0.4 is 4.18 Å². The Kier molecular flexibility index (Phi) is 4.23. The van der Waals surface area contributed by atoms with Crippen LogP contribution in [0, 0.1) is 13.7 Å². The Morgan fingerprint density at radius 1 is 1.05 bits per heavy atom. The molecule has 0 unspecified atom stereocenters. The van der Waals surface area contributed by atoms with Crippen molar-refractivity contribution in [2.24, 2.45) is 0 Å². The van der Waals surface area contributed by atoms with Gasteiger partial charge in [0.1, 0.15) is 10.6 Å². The highest BCUT2D eigenvalue weighted by molar-refractivity contribution is 14.1. The number of benzene rings is 2. The number of non-ortho nitro benzene ring substituents is 1. The van der Waals surface area contributed by atoms with Crippen molar-refractivity contribution in [3.8, 4) is 5.75 Å². The molecule has 2 aromatic rings. The van der Waals surface area contributed by atoms with Crippen LogP contribution >= 0.6 is 22.6 Å². The quantitative estimate of drug-likeness (QED) is 0.338. The van der Waals surface area contributed by atoms with Crippen molar-refractivity contribution < 1.29 is 17.5 Å². The molecule has 0 aromatic heterocycles. The van der Waals surface area contributed by atoms with Crippen LogP contribution in [-0.4, -0.2) is 13.3 Å². The minimum absolute atomic E-state index is 0.0234. The highest BCUT2D eigenvalue weighted by Crippen LogP contribution is 2.24. The van der Waals surface area contributed by atoms with Gasteiger partial charge in [-0.2, -0.15) is 8.42 Å². The zero-order chi connectivity index (χ0) is 14.8. The predicted molar refractivity (Wildman–Crippen MR) is 80.1 cm³/mol. The van der Waals surface area contributed by atoms with Gasteiger partial charge in [-0.15, -0.1) is 0 Å². The van der Waals surface area contributed by atoms with E-state index < -0.39 is 15.0 Å². The third kappa shape index (κ3) is 3.25. The first kappa shape index (κ1) is 14.7. The Morgan fingerprint density at radius 3 is 2.20 bits per heavy atom. The van der Waals surface area contributed by atoms with Crippen molar-refractivity contribution in [3.63, 3.8) is 0 Å². The molecule has 6 nitrogen and oxygen atoms in total. The van der Waals surface area contributed by atoms with Crippen LogP contribution in [0.1, 0.15) is 0 Å². The number of nitro groups is 1. The maximum Gasteiger partial charge on any atom is 0.340 e. The molecule has 0 heterocycles. The summed E-state index contributed by atoms with van der Waals surface area (Å²) in [7, 11) is -3.95. The number of halogens is 1. The van der Waals surface area contributed by atoms with Crippen LogP contribution in [-0.2, 0) is 10.1 Å². The van der Waals surface area contributed by atoms with Crippen LogP contribution in [0.3, 0.4) is 0 Å². The van der Waals surface area contributed by atoms with E-state index in [-0.39, 0.29) is 16.3 Å².